The van der Waals surface area contributed by atoms with E-state index in [1.807, 2.05) is 18.2 Å². The van der Waals surface area contributed by atoms with Crippen molar-refractivity contribution < 1.29 is 0 Å². The van der Waals surface area contributed by atoms with Crippen LogP contribution in [-0.2, 0) is 11.5 Å². The topological polar surface area (TPSA) is 71.5 Å². The fourth-order valence-electron chi connectivity index (χ4n) is 2.31. The summed E-state index contributed by atoms with van der Waals surface area (Å²) in [5.41, 5.74) is 4.15. The predicted molar refractivity (Wildman–Crippen MR) is 78.4 cm³/mol. The molecule has 2 aromatic heterocycles. The Labute approximate surface area is 118 Å². The zero-order valence-corrected chi connectivity index (χ0v) is 11.3. The van der Waals surface area contributed by atoms with Crippen molar-refractivity contribution in [1.29, 1.82) is 0 Å². The van der Waals surface area contributed by atoms with Crippen molar-refractivity contribution >= 4 is 22.8 Å². The molecular weight excluding hydrogens is 272 g/mol. The molecule has 5 nitrogen and oxygen atoms in total. The van der Waals surface area contributed by atoms with E-state index in [0.29, 0.717) is 5.82 Å². The Hall–Kier alpha value is -2.21. The lowest BCUT2D eigenvalue weighted by Crippen LogP contribution is -2.15. The first-order chi connectivity index (χ1) is 9.81. The maximum absolute atomic E-state index is 12.0. The molecule has 98 valence electrons. The Morgan fingerprint density at radius 2 is 1.95 bits per heavy atom. The second kappa shape index (κ2) is 4.42. The molecule has 4 rings (SSSR count). The first-order valence-corrected chi connectivity index (χ1v) is 7.38. The first-order valence-electron chi connectivity index (χ1n) is 6.22. The fourth-order valence-corrected chi connectivity index (χ4v) is 3.35. The van der Waals surface area contributed by atoms with E-state index in [2.05, 4.69) is 19.9 Å². The molecular formula is C14H10N4OS. The molecule has 0 saturated carbocycles. The monoisotopic (exact) mass is 282 g/mol. The minimum atomic E-state index is -0.0331. The molecule has 0 saturated heterocycles. The molecule has 1 aliphatic heterocycles. The molecule has 6 heteroatoms. The number of H-pyrrole nitrogens is 1. The fraction of sp³-hybridized carbons (Fsp3) is 0.143. The minimum absolute atomic E-state index is 0.0331. The van der Waals surface area contributed by atoms with Crippen molar-refractivity contribution in [3.63, 3.8) is 0 Å². The van der Waals surface area contributed by atoms with Gasteiger partial charge >= 0.3 is 0 Å². The Morgan fingerprint density at radius 1 is 1.10 bits per heavy atom. The number of fused-ring (bicyclic) bond motifs is 2. The zero-order chi connectivity index (χ0) is 13.5. The van der Waals surface area contributed by atoms with Gasteiger partial charge in [-0.2, -0.15) is 11.8 Å². The van der Waals surface area contributed by atoms with Crippen LogP contribution in [0.3, 0.4) is 0 Å². The summed E-state index contributed by atoms with van der Waals surface area (Å²) in [6.45, 7) is 0. The second-order valence-electron chi connectivity index (χ2n) is 4.59. The summed E-state index contributed by atoms with van der Waals surface area (Å²) in [6, 6.07) is 5.69. The molecule has 0 spiro atoms. The van der Waals surface area contributed by atoms with Crippen LogP contribution in [0.2, 0.25) is 0 Å². The Bertz CT molecular complexity index is 874. The van der Waals surface area contributed by atoms with Crippen LogP contribution in [-0.4, -0.2) is 19.9 Å². The number of hydrogen-bond donors (Lipinski definition) is 1. The van der Waals surface area contributed by atoms with E-state index < -0.39 is 0 Å². The highest BCUT2D eigenvalue weighted by atomic mass is 32.2. The van der Waals surface area contributed by atoms with E-state index in [4.69, 9.17) is 0 Å². The number of rotatable bonds is 1. The van der Waals surface area contributed by atoms with Crippen LogP contribution in [0, 0.1) is 0 Å². The van der Waals surface area contributed by atoms with Crippen LogP contribution in [0.25, 0.3) is 22.4 Å². The maximum Gasteiger partial charge on any atom is 0.255 e. The number of aromatic nitrogens is 4. The molecule has 0 bridgehead atoms. The molecule has 0 fully saturated rings. The summed E-state index contributed by atoms with van der Waals surface area (Å²) in [7, 11) is 0. The lowest BCUT2D eigenvalue weighted by atomic mass is 10.1. The Balaban J connectivity index is 1.91. The van der Waals surface area contributed by atoms with Gasteiger partial charge in [0.15, 0.2) is 0 Å². The highest BCUT2D eigenvalue weighted by Gasteiger charge is 2.18. The van der Waals surface area contributed by atoms with Gasteiger partial charge in [0, 0.05) is 35.0 Å². The number of aromatic amines is 1. The highest BCUT2D eigenvalue weighted by molar-refractivity contribution is 7.98. The van der Waals surface area contributed by atoms with Gasteiger partial charge < -0.3 is 4.98 Å². The van der Waals surface area contributed by atoms with Gasteiger partial charge in [0.05, 0.1) is 16.7 Å². The van der Waals surface area contributed by atoms with Gasteiger partial charge in [-0.15, -0.1) is 0 Å². The second-order valence-corrected chi connectivity index (χ2v) is 5.58. The molecule has 1 N–H and O–H groups in total. The van der Waals surface area contributed by atoms with Crippen LogP contribution in [0.4, 0.5) is 0 Å². The third-order valence-electron chi connectivity index (χ3n) is 3.33. The summed E-state index contributed by atoms with van der Waals surface area (Å²) in [5, 5.41) is 0. The summed E-state index contributed by atoms with van der Waals surface area (Å²) >= 11 is 1.72. The summed E-state index contributed by atoms with van der Waals surface area (Å²) < 4.78 is 0. The van der Waals surface area contributed by atoms with Crippen LogP contribution >= 0.6 is 11.8 Å². The smallest absolute Gasteiger partial charge is 0.255 e. The quantitative estimate of drug-likeness (QED) is 0.740. The van der Waals surface area contributed by atoms with Crippen LogP contribution < -0.4 is 5.56 Å². The Morgan fingerprint density at radius 3 is 2.85 bits per heavy atom. The third kappa shape index (κ3) is 1.80. The predicted octanol–water partition coefficient (Wildman–Crippen LogP) is 2.13. The molecule has 0 atom stereocenters. The number of nitrogens with one attached hydrogen (secondary N) is 1. The molecule has 1 aliphatic rings. The normalized spacial score (nSPS) is 13.6. The molecule has 3 aromatic rings. The average molecular weight is 282 g/mol. The van der Waals surface area contributed by atoms with E-state index in [1.165, 1.54) is 0 Å². The zero-order valence-electron chi connectivity index (χ0n) is 10.5. The van der Waals surface area contributed by atoms with E-state index in [0.717, 1.165) is 39.4 Å². The number of nitrogens with zero attached hydrogens (tertiary/aromatic N) is 3. The van der Waals surface area contributed by atoms with Crippen LogP contribution in [0.5, 0.6) is 0 Å². The summed E-state index contributed by atoms with van der Waals surface area (Å²) in [5.74, 6) is 2.16. The van der Waals surface area contributed by atoms with Crippen LogP contribution in [0.15, 0.2) is 35.4 Å². The number of thioether (sulfide) groups is 1. The highest BCUT2D eigenvalue weighted by Crippen LogP contribution is 2.27. The standard InChI is InChI=1S/C14H10N4OS/c19-14-9-6-20-7-12(9)17-13(18-14)8-1-2-10-11(5-8)16-4-3-15-10/h1-5H,6-7H2,(H,17,18,19). The molecule has 1 aromatic carbocycles. The van der Waals surface area contributed by atoms with Gasteiger partial charge in [0.25, 0.3) is 5.56 Å². The number of hydrogen-bond acceptors (Lipinski definition) is 5. The lowest BCUT2D eigenvalue weighted by Gasteiger charge is -2.04. The van der Waals surface area contributed by atoms with Crippen molar-refractivity contribution in [3.05, 3.63) is 52.2 Å². The van der Waals surface area contributed by atoms with Gasteiger partial charge in [-0.1, -0.05) is 0 Å². The molecule has 0 radical (unpaired) electrons. The SMILES string of the molecule is O=c1[nH]c(-c2ccc3nccnc3c2)nc2c1CSC2. The van der Waals surface area contributed by atoms with Gasteiger partial charge in [-0.25, -0.2) is 4.98 Å². The van der Waals surface area contributed by atoms with Gasteiger partial charge in [-0.05, 0) is 18.2 Å². The molecule has 0 unspecified atom stereocenters. The molecule has 20 heavy (non-hydrogen) atoms. The van der Waals surface area contributed by atoms with Crippen molar-refractivity contribution in [1.82, 2.24) is 19.9 Å². The third-order valence-corrected chi connectivity index (χ3v) is 4.30. The minimum Gasteiger partial charge on any atom is -0.306 e. The van der Waals surface area contributed by atoms with Gasteiger partial charge in [0.2, 0.25) is 0 Å². The van der Waals surface area contributed by atoms with Crippen molar-refractivity contribution in [2.75, 3.05) is 0 Å². The van der Waals surface area contributed by atoms with Crippen molar-refractivity contribution in [3.8, 4) is 11.4 Å². The maximum atomic E-state index is 12.0. The van der Waals surface area contributed by atoms with Crippen molar-refractivity contribution in [2.45, 2.75) is 11.5 Å². The lowest BCUT2D eigenvalue weighted by molar-refractivity contribution is 1.03. The summed E-state index contributed by atoms with van der Waals surface area (Å²) in [4.78, 5) is 28.0. The average Bonchev–Trinajstić information content (AvgIpc) is 2.96. The van der Waals surface area contributed by atoms with E-state index in [9.17, 15) is 4.79 Å². The molecule has 0 amide bonds. The van der Waals surface area contributed by atoms with E-state index >= 15 is 0 Å². The van der Waals surface area contributed by atoms with Gasteiger partial charge in [0.1, 0.15) is 5.82 Å². The van der Waals surface area contributed by atoms with Crippen LogP contribution in [0.1, 0.15) is 11.3 Å². The van der Waals surface area contributed by atoms with Gasteiger partial charge in [-0.3, -0.25) is 14.8 Å². The van der Waals surface area contributed by atoms with E-state index in [1.54, 1.807) is 24.2 Å². The molecule has 3 heterocycles. The summed E-state index contributed by atoms with van der Waals surface area (Å²) in [6.07, 6.45) is 3.32. The first kappa shape index (κ1) is 11.6. The number of benzene rings is 1. The van der Waals surface area contributed by atoms with E-state index in [-0.39, 0.29) is 5.56 Å². The molecule has 0 aliphatic carbocycles. The Kier molecular flexibility index (Phi) is 2.56. The van der Waals surface area contributed by atoms with Crippen molar-refractivity contribution in [2.24, 2.45) is 0 Å². The largest absolute Gasteiger partial charge is 0.306 e.